The van der Waals surface area contributed by atoms with E-state index in [1.165, 1.54) is 11.8 Å². The van der Waals surface area contributed by atoms with E-state index >= 15 is 0 Å². The van der Waals surface area contributed by atoms with Crippen LogP contribution in [0.4, 0.5) is 0 Å². The maximum atomic E-state index is 9.71. The van der Waals surface area contributed by atoms with Crippen LogP contribution in [0.15, 0.2) is 75.2 Å². The summed E-state index contributed by atoms with van der Waals surface area (Å²) in [6.45, 7) is 2.88. The Labute approximate surface area is 218 Å². The number of imidazole rings is 1. The summed E-state index contributed by atoms with van der Waals surface area (Å²) in [6, 6.07) is 22.0. The van der Waals surface area contributed by atoms with Gasteiger partial charge in [0.25, 0.3) is 0 Å². The van der Waals surface area contributed by atoms with Crippen molar-refractivity contribution >= 4 is 67.4 Å². The first-order valence-corrected chi connectivity index (χ1v) is 12.8. The second kappa shape index (κ2) is 11.1. The first-order valence-electron chi connectivity index (χ1n) is 10.1. The highest BCUT2D eigenvalue weighted by molar-refractivity contribution is 14.1. The molecule has 8 heteroatoms. The molecule has 0 saturated heterocycles. The van der Waals surface area contributed by atoms with Crippen molar-refractivity contribution in [3.05, 3.63) is 84.7 Å². The van der Waals surface area contributed by atoms with Crippen LogP contribution in [0.5, 0.6) is 11.5 Å². The Morgan fingerprint density at radius 1 is 1.18 bits per heavy atom. The van der Waals surface area contributed by atoms with E-state index in [1.54, 1.807) is 0 Å². The molecule has 0 atom stereocenters. The summed E-state index contributed by atoms with van der Waals surface area (Å²) < 4.78 is 13.9. The molecule has 4 rings (SSSR count). The lowest BCUT2D eigenvalue weighted by Crippen LogP contribution is -2.02. The minimum atomic E-state index is 0.434. The van der Waals surface area contributed by atoms with E-state index in [1.807, 2.05) is 73.7 Å². The largest absolute Gasteiger partial charge is 0.490 e. The lowest BCUT2D eigenvalue weighted by atomic mass is 10.2. The summed E-state index contributed by atoms with van der Waals surface area (Å²) >= 11 is 6.99. The Hall–Kier alpha value is -2.48. The minimum absolute atomic E-state index is 0.434. The van der Waals surface area contributed by atoms with E-state index in [-0.39, 0.29) is 0 Å². The Bertz CT molecular complexity index is 1310. The Morgan fingerprint density at radius 2 is 1.97 bits per heavy atom. The van der Waals surface area contributed by atoms with Gasteiger partial charge in [0.2, 0.25) is 0 Å². The standard InChI is InChI=1S/C25H19BrIN3O2S/c1-2-31-23-13-17(12-20(27)24(23)32-15-16-7-9-18(26)10-8-16)11-19(14-28)33-25-29-21-5-3-4-6-22(21)30-25/h3-13H,2,15H2,1H3,(H,29,30)/b19-11+. The number of H-pyrrole nitrogens is 1. The number of nitrogens with one attached hydrogen (secondary N) is 1. The molecular weight excluding hydrogens is 613 g/mol. The van der Waals surface area contributed by atoms with Crippen molar-refractivity contribution in [2.75, 3.05) is 6.61 Å². The van der Waals surface area contributed by atoms with Crippen molar-refractivity contribution in [3.63, 3.8) is 0 Å². The van der Waals surface area contributed by atoms with Gasteiger partial charge in [-0.25, -0.2) is 4.98 Å². The van der Waals surface area contributed by atoms with Crippen molar-refractivity contribution < 1.29 is 9.47 Å². The van der Waals surface area contributed by atoms with Crippen LogP contribution in [0.25, 0.3) is 17.1 Å². The van der Waals surface area contributed by atoms with E-state index in [9.17, 15) is 5.26 Å². The number of ether oxygens (including phenoxy) is 2. The van der Waals surface area contributed by atoms with Gasteiger partial charge in [-0.15, -0.1) is 0 Å². The molecule has 0 unspecified atom stereocenters. The van der Waals surface area contributed by atoms with Crippen molar-refractivity contribution in [2.24, 2.45) is 0 Å². The average Bonchev–Trinajstić information content (AvgIpc) is 3.22. The van der Waals surface area contributed by atoms with Crippen LogP contribution >= 0.6 is 50.3 Å². The third kappa shape index (κ3) is 6.10. The van der Waals surface area contributed by atoms with E-state index in [0.29, 0.717) is 34.8 Å². The number of rotatable bonds is 8. The number of aromatic nitrogens is 2. The SMILES string of the molecule is CCOc1cc(/C=C(\C#N)Sc2nc3ccccc3[nH]2)cc(I)c1OCc1ccc(Br)cc1. The van der Waals surface area contributed by atoms with Crippen molar-refractivity contribution in [1.29, 1.82) is 5.26 Å². The van der Waals surface area contributed by atoms with Gasteiger partial charge in [-0.2, -0.15) is 5.26 Å². The predicted octanol–water partition coefficient (Wildman–Crippen LogP) is 7.56. The highest BCUT2D eigenvalue weighted by atomic mass is 127. The molecule has 1 heterocycles. The Kier molecular flexibility index (Phi) is 7.96. The predicted molar refractivity (Wildman–Crippen MR) is 144 cm³/mol. The van der Waals surface area contributed by atoms with Crippen LogP contribution < -0.4 is 9.47 Å². The smallest absolute Gasteiger partial charge is 0.175 e. The van der Waals surface area contributed by atoms with Crippen LogP contribution in [-0.2, 0) is 6.61 Å². The Balaban J connectivity index is 1.57. The molecule has 0 spiro atoms. The van der Waals surface area contributed by atoms with Gasteiger partial charge < -0.3 is 14.5 Å². The lowest BCUT2D eigenvalue weighted by molar-refractivity contribution is 0.267. The van der Waals surface area contributed by atoms with Crippen molar-refractivity contribution in [3.8, 4) is 17.6 Å². The molecule has 0 aliphatic carbocycles. The summed E-state index contributed by atoms with van der Waals surface area (Å²) in [5.74, 6) is 1.35. The molecule has 1 aromatic heterocycles. The van der Waals surface area contributed by atoms with Gasteiger partial charge in [0.05, 0.1) is 26.1 Å². The van der Waals surface area contributed by atoms with Crippen molar-refractivity contribution in [2.45, 2.75) is 18.7 Å². The first kappa shape index (κ1) is 23.7. The number of hydrogen-bond donors (Lipinski definition) is 1. The molecule has 3 aromatic carbocycles. The molecule has 0 amide bonds. The zero-order chi connectivity index (χ0) is 23.2. The van der Waals surface area contributed by atoms with Crippen LogP contribution in [0.3, 0.4) is 0 Å². The van der Waals surface area contributed by atoms with E-state index in [2.05, 4.69) is 54.6 Å². The second-order valence-corrected chi connectivity index (χ2v) is 10.1. The zero-order valence-electron chi connectivity index (χ0n) is 17.6. The quantitative estimate of drug-likeness (QED) is 0.123. The van der Waals surface area contributed by atoms with E-state index < -0.39 is 0 Å². The maximum Gasteiger partial charge on any atom is 0.175 e. The third-order valence-electron chi connectivity index (χ3n) is 4.61. The van der Waals surface area contributed by atoms with Gasteiger partial charge >= 0.3 is 0 Å². The normalized spacial score (nSPS) is 11.4. The molecule has 0 saturated carbocycles. The molecule has 0 radical (unpaired) electrons. The molecule has 5 nitrogen and oxygen atoms in total. The summed E-state index contributed by atoms with van der Waals surface area (Å²) in [5, 5.41) is 10.4. The molecule has 0 aliphatic rings. The van der Waals surface area contributed by atoms with Gasteiger partial charge in [-0.1, -0.05) is 40.2 Å². The van der Waals surface area contributed by atoms with Gasteiger partial charge in [0.1, 0.15) is 12.7 Å². The van der Waals surface area contributed by atoms with Crippen LogP contribution in [0.2, 0.25) is 0 Å². The van der Waals surface area contributed by atoms with Crippen LogP contribution in [-0.4, -0.2) is 16.6 Å². The number of nitriles is 1. The number of benzene rings is 3. The van der Waals surface area contributed by atoms with Gasteiger partial charge in [-0.05, 0) is 94.9 Å². The zero-order valence-corrected chi connectivity index (χ0v) is 22.2. The number of hydrogen-bond acceptors (Lipinski definition) is 5. The molecular formula is C25H19BrIN3O2S. The van der Waals surface area contributed by atoms with Crippen LogP contribution in [0.1, 0.15) is 18.1 Å². The fourth-order valence-corrected chi connectivity index (χ4v) is 4.93. The number of fused-ring (bicyclic) bond motifs is 1. The number of para-hydroxylation sites is 2. The topological polar surface area (TPSA) is 70.9 Å². The lowest BCUT2D eigenvalue weighted by Gasteiger charge is -2.15. The molecule has 166 valence electrons. The Morgan fingerprint density at radius 3 is 2.70 bits per heavy atom. The maximum absolute atomic E-state index is 9.71. The number of halogens is 2. The van der Waals surface area contributed by atoms with Gasteiger partial charge in [-0.3, -0.25) is 0 Å². The van der Waals surface area contributed by atoms with Gasteiger partial charge in [0.15, 0.2) is 16.7 Å². The minimum Gasteiger partial charge on any atom is -0.490 e. The highest BCUT2D eigenvalue weighted by Gasteiger charge is 2.13. The summed E-state index contributed by atoms with van der Waals surface area (Å²) in [6.07, 6.45) is 1.83. The monoisotopic (exact) mass is 631 g/mol. The van der Waals surface area contributed by atoms with Crippen molar-refractivity contribution in [1.82, 2.24) is 9.97 Å². The molecule has 4 aromatic rings. The molecule has 33 heavy (non-hydrogen) atoms. The summed E-state index contributed by atoms with van der Waals surface area (Å²) in [7, 11) is 0. The number of aromatic amines is 1. The summed E-state index contributed by atoms with van der Waals surface area (Å²) in [5.41, 5.74) is 3.74. The first-order chi connectivity index (χ1) is 16.1. The fraction of sp³-hybridized carbons (Fsp3) is 0.120. The molecule has 1 N–H and O–H groups in total. The van der Waals surface area contributed by atoms with E-state index in [0.717, 1.165) is 30.2 Å². The molecule has 0 bridgehead atoms. The molecule has 0 fully saturated rings. The van der Waals surface area contributed by atoms with Gasteiger partial charge in [0, 0.05) is 4.47 Å². The summed E-state index contributed by atoms with van der Waals surface area (Å²) in [4.78, 5) is 8.31. The third-order valence-corrected chi connectivity index (χ3v) is 6.76. The second-order valence-electron chi connectivity index (χ2n) is 6.96. The fourth-order valence-electron chi connectivity index (χ4n) is 3.13. The average molecular weight is 632 g/mol. The van der Waals surface area contributed by atoms with Crippen LogP contribution in [0, 0.1) is 14.9 Å². The number of nitrogens with zero attached hydrogens (tertiary/aromatic N) is 2. The highest BCUT2D eigenvalue weighted by Crippen LogP contribution is 2.36. The van der Waals surface area contributed by atoms with E-state index in [4.69, 9.17) is 9.47 Å². The molecule has 0 aliphatic heterocycles. The number of thioether (sulfide) groups is 1. The number of allylic oxidation sites excluding steroid dienone is 1.